The fourth-order valence-corrected chi connectivity index (χ4v) is 3.83. The van der Waals surface area contributed by atoms with Crippen LogP contribution in [0.1, 0.15) is 45.1 Å². The molecule has 1 saturated heterocycles. The van der Waals surface area contributed by atoms with Gasteiger partial charge in [0, 0.05) is 31.7 Å². The summed E-state index contributed by atoms with van der Waals surface area (Å²) >= 11 is 0. The average molecular weight is 408 g/mol. The lowest BCUT2D eigenvalue weighted by atomic mass is 9.96. The van der Waals surface area contributed by atoms with Gasteiger partial charge in [0.1, 0.15) is 19.5 Å². The number of aromatic nitrogens is 1. The summed E-state index contributed by atoms with van der Waals surface area (Å²) < 4.78 is 13.3. The van der Waals surface area contributed by atoms with Crippen molar-refractivity contribution < 1.29 is 14.0 Å². The van der Waals surface area contributed by atoms with Crippen LogP contribution in [0.25, 0.3) is 0 Å². The van der Waals surface area contributed by atoms with Crippen molar-refractivity contribution in [3.63, 3.8) is 0 Å². The Morgan fingerprint density at radius 3 is 2.53 bits per heavy atom. The largest absolute Gasteiger partial charge is 0.343 e. The van der Waals surface area contributed by atoms with Crippen LogP contribution in [0.15, 0.2) is 36.5 Å². The molecule has 1 aliphatic rings. The third-order valence-corrected chi connectivity index (χ3v) is 5.42. The predicted octanol–water partition coefficient (Wildman–Crippen LogP) is 3.19. The van der Waals surface area contributed by atoms with Crippen LogP contribution < -0.4 is 15.7 Å². The number of likely N-dealkylation sites (tertiary alicyclic amines) is 1. The molecule has 1 aliphatic heterocycles. The highest BCUT2D eigenvalue weighted by Gasteiger charge is 2.31. The van der Waals surface area contributed by atoms with Crippen molar-refractivity contribution in [1.29, 1.82) is 0 Å². The highest BCUT2D eigenvalue weighted by molar-refractivity contribution is 6.36. The second-order valence-electron chi connectivity index (χ2n) is 7.84. The minimum atomic E-state index is -0.566. The zero-order valence-electron chi connectivity index (χ0n) is 17.6. The zero-order valence-corrected chi connectivity index (χ0v) is 17.6. The van der Waals surface area contributed by atoms with Crippen LogP contribution in [-0.2, 0) is 4.79 Å². The summed E-state index contributed by atoms with van der Waals surface area (Å²) in [5.74, 6) is -0.197. The minimum absolute atomic E-state index is 0.0373. The van der Waals surface area contributed by atoms with Crippen LogP contribution in [0.2, 0.25) is 0 Å². The van der Waals surface area contributed by atoms with Gasteiger partial charge in [-0.2, -0.15) is 0 Å². The van der Waals surface area contributed by atoms with Crippen molar-refractivity contribution in [1.82, 2.24) is 9.88 Å². The number of para-hydroxylation sites is 1. The fourth-order valence-electron chi connectivity index (χ4n) is 3.83. The number of amides is 3. The second kappa shape index (κ2) is 9.28. The molecule has 8 heteroatoms. The second-order valence-corrected chi connectivity index (χ2v) is 7.84. The predicted molar refractivity (Wildman–Crippen MR) is 117 cm³/mol. The summed E-state index contributed by atoms with van der Waals surface area (Å²) in [4.78, 5) is 32.5. The van der Waals surface area contributed by atoms with Gasteiger partial charge in [-0.3, -0.25) is 15.0 Å². The number of carbonyl (C=O) groups is 2. The van der Waals surface area contributed by atoms with Crippen molar-refractivity contribution >= 4 is 36.8 Å². The number of urea groups is 1. The smallest absolute Gasteiger partial charge is 0.327 e. The monoisotopic (exact) mass is 408 g/mol. The van der Waals surface area contributed by atoms with Crippen LogP contribution in [0, 0.1) is 5.82 Å². The molecule has 0 saturated carbocycles. The van der Waals surface area contributed by atoms with Crippen molar-refractivity contribution in [2.75, 3.05) is 23.3 Å². The van der Waals surface area contributed by atoms with E-state index in [-0.39, 0.29) is 35.2 Å². The third-order valence-electron chi connectivity index (χ3n) is 5.42. The number of halogens is 1. The first-order chi connectivity index (χ1) is 14.3. The number of benzene rings is 1. The lowest BCUT2D eigenvalue weighted by molar-refractivity contribution is -0.129. The molecule has 1 N–H and O–H groups in total. The van der Waals surface area contributed by atoms with E-state index in [1.807, 2.05) is 24.3 Å². The fraction of sp³-hybridized carbons (Fsp3) is 0.409. The first-order valence-electron chi connectivity index (χ1n) is 10.1. The summed E-state index contributed by atoms with van der Waals surface area (Å²) in [5.41, 5.74) is 1.92. The van der Waals surface area contributed by atoms with Gasteiger partial charge in [0.05, 0.1) is 6.20 Å². The van der Waals surface area contributed by atoms with E-state index in [4.69, 9.17) is 7.85 Å². The van der Waals surface area contributed by atoms with Crippen LogP contribution >= 0.6 is 0 Å². The maximum Gasteiger partial charge on any atom is 0.327 e. The van der Waals surface area contributed by atoms with Crippen molar-refractivity contribution in [2.24, 2.45) is 0 Å². The van der Waals surface area contributed by atoms with E-state index in [1.54, 1.807) is 16.7 Å². The van der Waals surface area contributed by atoms with Gasteiger partial charge in [-0.05, 0) is 36.5 Å². The quantitative estimate of drug-likeness (QED) is 0.791. The van der Waals surface area contributed by atoms with Crippen molar-refractivity contribution in [3.8, 4) is 0 Å². The van der Waals surface area contributed by atoms with Gasteiger partial charge < -0.3 is 4.90 Å². The number of hydrogen-bond donors (Lipinski definition) is 1. The Balaban J connectivity index is 1.93. The maximum absolute atomic E-state index is 13.4. The molecule has 0 spiro atoms. The van der Waals surface area contributed by atoms with E-state index in [0.29, 0.717) is 25.9 Å². The normalized spacial score (nSPS) is 14.6. The maximum atomic E-state index is 13.4. The summed E-state index contributed by atoms with van der Waals surface area (Å²) in [6, 6.07) is 8.44. The Kier molecular flexibility index (Phi) is 6.75. The molecule has 0 unspecified atom stereocenters. The van der Waals surface area contributed by atoms with Gasteiger partial charge in [-0.15, -0.1) is 0 Å². The van der Waals surface area contributed by atoms with E-state index in [1.165, 1.54) is 0 Å². The van der Waals surface area contributed by atoms with Gasteiger partial charge in [0.25, 0.3) is 0 Å². The topological polar surface area (TPSA) is 65.5 Å². The molecule has 2 heterocycles. The van der Waals surface area contributed by atoms with Crippen molar-refractivity contribution in [3.05, 3.63) is 47.9 Å². The molecule has 0 atom stereocenters. The first-order valence-corrected chi connectivity index (χ1v) is 10.1. The SMILES string of the molecule is [B]c1cc(F)cnc1NC(=O)N(c1ccccc1C(C)C)C1CCN(C(C)=O)CC1. The first kappa shape index (κ1) is 21.8. The lowest BCUT2D eigenvalue weighted by Crippen LogP contribution is -2.50. The molecule has 2 radical (unpaired) electrons. The Labute approximate surface area is 177 Å². The molecule has 1 aromatic heterocycles. The number of nitrogens with one attached hydrogen (secondary N) is 1. The number of carbonyl (C=O) groups excluding carboxylic acids is 2. The molecular weight excluding hydrogens is 382 g/mol. The standard InChI is InChI=1S/C22H26BFN4O2/c1-14(2)18-6-4-5-7-20(18)28(17-8-10-27(11-9-17)15(3)29)22(30)26-21-19(23)12-16(24)13-25-21/h4-7,12-14,17H,8-11H2,1-3H3,(H,25,26,30). The van der Waals surface area contributed by atoms with Gasteiger partial charge in [-0.25, -0.2) is 14.2 Å². The summed E-state index contributed by atoms with van der Waals surface area (Å²) in [7, 11) is 5.84. The van der Waals surface area contributed by atoms with E-state index in [0.717, 1.165) is 23.5 Å². The van der Waals surface area contributed by atoms with Gasteiger partial charge in [-0.1, -0.05) is 37.5 Å². The third kappa shape index (κ3) is 4.80. The molecule has 0 bridgehead atoms. The van der Waals surface area contributed by atoms with Crippen LogP contribution in [0.3, 0.4) is 0 Å². The van der Waals surface area contributed by atoms with Gasteiger partial charge in [0.2, 0.25) is 5.91 Å². The molecule has 156 valence electrons. The highest BCUT2D eigenvalue weighted by Crippen LogP contribution is 2.32. The van der Waals surface area contributed by atoms with E-state index >= 15 is 0 Å². The van der Waals surface area contributed by atoms with E-state index in [9.17, 15) is 14.0 Å². The molecule has 30 heavy (non-hydrogen) atoms. The molecule has 2 aromatic rings. The molecule has 0 aliphatic carbocycles. The Bertz CT molecular complexity index is 929. The van der Waals surface area contributed by atoms with Gasteiger partial charge in [0.15, 0.2) is 0 Å². The van der Waals surface area contributed by atoms with Crippen molar-refractivity contribution in [2.45, 2.75) is 45.6 Å². The number of nitrogens with zero attached hydrogens (tertiary/aromatic N) is 3. The average Bonchev–Trinajstić information content (AvgIpc) is 2.71. The number of rotatable bonds is 4. The Hall–Kier alpha value is -2.90. The summed E-state index contributed by atoms with van der Waals surface area (Å²) in [6.07, 6.45) is 2.33. The van der Waals surface area contributed by atoms with E-state index < -0.39 is 5.82 Å². The van der Waals surface area contributed by atoms with E-state index in [2.05, 4.69) is 24.1 Å². The molecular formula is C22H26BFN4O2. The molecule has 3 amide bonds. The molecule has 3 rings (SSSR count). The number of anilines is 2. The van der Waals surface area contributed by atoms with Crippen LogP contribution in [0.5, 0.6) is 0 Å². The number of piperidine rings is 1. The molecule has 1 fully saturated rings. The minimum Gasteiger partial charge on any atom is -0.343 e. The number of hydrogen-bond acceptors (Lipinski definition) is 3. The molecule has 6 nitrogen and oxygen atoms in total. The summed E-state index contributed by atoms with van der Waals surface area (Å²) in [5, 5.41) is 2.74. The highest BCUT2D eigenvalue weighted by atomic mass is 19.1. The zero-order chi connectivity index (χ0) is 21.8. The van der Waals surface area contributed by atoms with Gasteiger partial charge >= 0.3 is 6.03 Å². The molecule has 1 aromatic carbocycles. The number of pyridine rings is 1. The van der Waals surface area contributed by atoms with Crippen LogP contribution in [-0.4, -0.2) is 48.8 Å². The summed E-state index contributed by atoms with van der Waals surface area (Å²) in [6.45, 7) is 6.89. The Morgan fingerprint density at radius 1 is 1.27 bits per heavy atom. The lowest BCUT2D eigenvalue weighted by Gasteiger charge is -2.39. The Morgan fingerprint density at radius 2 is 1.93 bits per heavy atom. The van der Waals surface area contributed by atoms with Crippen LogP contribution in [0.4, 0.5) is 20.7 Å².